The first-order chi connectivity index (χ1) is 11.4. The van der Waals surface area contributed by atoms with Gasteiger partial charge >= 0.3 is 0 Å². The van der Waals surface area contributed by atoms with Gasteiger partial charge in [-0.1, -0.05) is 23.8 Å². The van der Waals surface area contributed by atoms with Crippen molar-refractivity contribution in [3.8, 4) is 0 Å². The SMILES string of the molecule is Cc1ccc(NC(=O)c2cccc(N3CCCS3(=O)=O)c2)c(C)c1. The number of carbonyl (C=O) groups excluding carboxylic acids is 1. The highest BCUT2D eigenvalue weighted by molar-refractivity contribution is 7.93. The number of nitrogens with zero attached hydrogens (tertiary/aromatic N) is 1. The lowest BCUT2D eigenvalue weighted by molar-refractivity contribution is 0.102. The summed E-state index contributed by atoms with van der Waals surface area (Å²) in [6, 6.07) is 12.6. The maximum absolute atomic E-state index is 12.5. The van der Waals surface area contributed by atoms with Gasteiger partial charge in [-0.3, -0.25) is 9.10 Å². The zero-order chi connectivity index (χ0) is 17.3. The number of nitrogens with one attached hydrogen (secondary N) is 1. The number of hydrogen-bond acceptors (Lipinski definition) is 3. The molecule has 1 aliphatic rings. The molecule has 0 radical (unpaired) electrons. The fourth-order valence-electron chi connectivity index (χ4n) is 2.88. The van der Waals surface area contributed by atoms with E-state index in [0.29, 0.717) is 24.2 Å². The van der Waals surface area contributed by atoms with E-state index in [1.165, 1.54) is 4.31 Å². The Kier molecular flexibility index (Phi) is 4.32. The molecule has 0 saturated carbocycles. The van der Waals surface area contributed by atoms with Gasteiger partial charge in [0.2, 0.25) is 10.0 Å². The highest BCUT2D eigenvalue weighted by atomic mass is 32.2. The number of rotatable bonds is 3. The normalized spacial score (nSPS) is 16.2. The number of hydrogen-bond donors (Lipinski definition) is 1. The van der Waals surface area contributed by atoms with Crippen LogP contribution < -0.4 is 9.62 Å². The summed E-state index contributed by atoms with van der Waals surface area (Å²) in [5, 5.41) is 2.89. The van der Waals surface area contributed by atoms with Gasteiger partial charge in [-0.25, -0.2) is 8.42 Å². The van der Waals surface area contributed by atoms with Crippen LogP contribution in [-0.2, 0) is 10.0 Å². The highest BCUT2D eigenvalue weighted by Crippen LogP contribution is 2.25. The zero-order valence-electron chi connectivity index (χ0n) is 13.7. The summed E-state index contributed by atoms with van der Waals surface area (Å²) < 4.78 is 25.4. The van der Waals surface area contributed by atoms with E-state index in [9.17, 15) is 13.2 Å². The molecular formula is C18H20N2O3S. The summed E-state index contributed by atoms with van der Waals surface area (Å²) in [7, 11) is -3.25. The van der Waals surface area contributed by atoms with E-state index in [2.05, 4.69) is 5.32 Å². The average molecular weight is 344 g/mol. The van der Waals surface area contributed by atoms with Crippen molar-refractivity contribution in [1.82, 2.24) is 0 Å². The minimum absolute atomic E-state index is 0.159. The first kappa shape index (κ1) is 16.5. The Morgan fingerprint density at radius 1 is 1.12 bits per heavy atom. The van der Waals surface area contributed by atoms with Gasteiger partial charge in [-0.15, -0.1) is 0 Å². The number of benzene rings is 2. The fourth-order valence-corrected chi connectivity index (χ4v) is 4.44. The van der Waals surface area contributed by atoms with E-state index in [1.54, 1.807) is 24.3 Å². The van der Waals surface area contributed by atoms with Crippen LogP contribution in [0.1, 0.15) is 27.9 Å². The maximum atomic E-state index is 12.5. The molecule has 0 bridgehead atoms. The highest BCUT2D eigenvalue weighted by Gasteiger charge is 2.28. The molecule has 0 atom stereocenters. The van der Waals surface area contributed by atoms with Crippen molar-refractivity contribution >= 4 is 27.3 Å². The van der Waals surface area contributed by atoms with Crippen LogP contribution in [0.25, 0.3) is 0 Å². The van der Waals surface area contributed by atoms with Crippen LogP contribution in [-0.4, -0.2) is 26.6 Å². The summed E-state index contributed by atoms with van der Waals surface area (Å²) in [4.78, 5) is 12.5. The molecular weight excluding hydrogens is 324 g/mol. The Morgan fingerprint density at radius 2 is 1.92 bits per heavy atom. The zero-order valence-corrected chi connectivity index (χ0v) is 14.6. The second-order valence-corrected chi connectivity index (χ2v) is 8.08. The van der Waals surface area contributed by atoms with Gasteiger partial charge in [0.15, 0.2) is 0 Å². The minimum atomic E-state index is -3.25. The van der Waals surface area contributed by atoms with E-state index in [1.807, 2.05) is 32.0 Å². The van der Waals surface area contributed by atoms with Crippen molar-refractivity contribution < 1.29 is 13.2 Å². The van der Waals surface area contributed by atoms with Gasteiger partial charge in [-0.05, 0) is 50.1 Å². The summed E-state index contributed by atoms with van der Waals surface area (Å²) in [6.45, 7) is 4.40. The average Bonchev–Trinajstić information content (AvgIpc) is 2.89. The molecule has 0 spiro atoms. The maximum Gasteiger partial charge on any atom is 0.255 e. The third kappa shape index (κ3) is 3.28. The lowest BCUT2D eigenvalue weighted by atomic mass is 10.1. The number of anilines is 2. The standard InChI is InChI=1S/C18H20N2O3S/c1-13-7-8-17(14(2)11-13)19-18(21)15-5-3-6-16(12-15)20-9-4-10-24(20,22)23/h3,5-8,11-12H,4,9-10H2,1-2H3,(H,19,21). The number of sulfonamides is 1. The first-order valence-corrected chi connectivity index (χ1v) is 9.47. The molecule has 2 aromatic carbocycles. The summed E-state index contributed by atoms with van der Waals surface area (Å²) in [6.07, 6.45) is 0.612. The van der Waals surface area contributed by atoms with Crippen LogP contribution >= 0.6 is 0 Å². The molecule has 1 N–H and O–H groups in total. The molecule has 5 nitrogen and oxygen atoms in total. The van der Waals surface area contributed by atoms with Gasteiger partial charge < -0.3 is 5.32 Å². The van der Waals surface area contributed by atoms with Gasteiger partial charge in [0.25, 0.3) is 5.91 Å². The lowest BCUT2D eigenvalue weighted by Crippen LogP contribution is -2.25. The number of amides is 1. The lowest BCUT2D eigenvalue weighted by Gasteiger charge is -2.17. The molecule has 1 saturated heterocycles. The molecule has 0 aromatic heterocycles. The molecule has 24 heavy (non-hydrogen) atoms. The first-order valence-electron chi connectivity index (χ1n) is 7.86. The predicted octanol–water partition coefficient (Wildman–Crippen LogP) is 3.10. The molecule has 0 aliphatic carbocycles. The summed E-state index contributed by atoms with van der Waals surface area (Å²) in [5.74, 6) is -0.0909. The Hall–Kier alpha value is -2.34. The van der Waals surface area contributed by atoms with Crippen LogP contribution in [0.4, 0.5) is 11.4 Å². The molecule has 2 aromatic rings. The Morgan fingerprint density at radius 3 is 2.58 bits per heavy atom. The van der Waals surface area contributed by atoms with Crippen LogP contribution in [0.5, 0.6) is 0 Å². The van der Waals surface area contributed by atoms with Crippen LogP contribution in [0.2, 0.25) is 0 Å². The van der Waals surface area contributed by atoms with Crippen molar-refractivity contribution in [3.63, 3.8) is 0 Å². The van der Waals surface area contributed by atoms with Crippen LogP contribution in [0, 0.1) is 13.8 Å². The van der Waals surface area contributed by atoms with Gasteiger partial charge in [-0.2, -0.15) is 0 Å². The Bertz CT molecular complexity index is 891. The van der Waals surface area contributed by atoms with Crippen molar-refractivity contribution in [2.24, 2.45) is 0 Å². The molecule has 1 amide bonds. The third-order valence-electron chi connectivity index (χ3n) is 4.13. The summed E-state index contributed by atoms with van der Waals surface area (Å²) in [5.41, 5.74) is 3.86. The molecule has 1 fully saturated rings. The topological polar surface area (TPSA) is 66.5 Å². The smallest absolute Gasteiger partial charge is 0.255 e. The predicted molar refractivity (Wildman–Crippen MR) is 96.1 cm³/mol. The Labute approximate surface area is 142 Å². The second kappa shape index (κ2) is 6.28. The Balaban J connectivity index is 1.84. The van der Waals surface area contributed by atoms with E-state index in [-0.39, 0.29) is 11.7 Å². The van der Waals surface area contributed by atoms with Crippen LogP contribution in [0.3, 0.4) is 0 Å². The molecule has 3 rings (SSSR count). The van der Waals surface area contributed by atoms with E-state index >= 15 is 0 Å². The van der Waals surface area contributed by atoms with Crippen molar-refractivity contribution in [3.05, 3.63) is 59.2 Å². The van der Waals surface area contributed by atoms with Crippen molar-refractivity contribution in [2.75, 3.05) is 21.9 Å². The van der Waals surface area contributed by atoms with Gasteiger partial charge in [0.05, 0.1) is 11.4 Å². The van der Waals surface area contributed by atoms with Crippen molar-refractivity contribution in [2.45, 2.75) is 20.3 Å². The second-order valence-electron chi connectivity index (χ2n) is 6.06. The van der Waals surface area contributed by atoms with E-state index < -0.39 is 10.0 Å². The number of aryl methyl sites for hydroxylation is 2. The summed E-state index contributed by atoms with van der Waals surface area (Å²) >= 11 is 0. The quantitative estimate of drug-likeness (QED) is 0.930. The fraction of sp³-hybridized carbons (Fsp3) is 0.278. The monoisotopic (exact) mass is 344 g/mol. The van der Waals surface area contributed by atoms with Crippen LogP contribution in [0.15, 0.2) is 42.5 Å². The molecule has 0 unspecified atom stereocenters. The van der Waals surface area contributed by atoms with Gasteiger partial charge in [0, 0.05) is 17.8 Å². The molecule has 126 valence electrons. The van der Waals surface area contributed by atoms with Gasteiger partial charge in [0.1, 0.15) is 0 Å². The van der Waals surface area contributed by atoms with E-state index in [4.69, 9.17) is 0 Å². The van der Waals surface area contributed by atoms with E-state index in [0.717, 1.165) is 16.8 Å². The molecule has 6 heteroatoms. The largest absolute Gasteiger partial charge is 0.322 e. The van der Waals surface area contributed by atoms with Crippen molar-refractivity contribution in [1.29, 1.82) is 0 Å². The molecule has 1 aliphatic heterocycles. The number of carbonyl (C=O) groups is 1. The minimum Gasteiger partial charge on any atom is -0.322 e. The molecule has 1 heterocycles. The third-order valence-corrected chi connectivity index (χ3v) is 6.00.